The lowest BCUT2D eigenvalue weighted by molar-refractivity contribution is 0.720. The summed E-state index contributed by atoms with van der Waals surface area (Å²) in [5.74, 6) is 0.500. The fourth-order valence-corrected chi connectivity index (χ4v) is 2.28. The predicted octanol–water partition coefficient (Wildman–Crippen LogP) is 2.79. The van der Waals surface area contributed by atoms with E-state index in [9.17, 15) is 0 Å². The average molecular weight is 300 g/mol. The minimum atomic E-state index is 0.500. The van der Waals surface area contributed by atoms with Crippen LogP contribution in [0.5, 0.6) is 0 Å². The largest absolute Gasteiger partial charge is 0.265 e. The van der Waals surface area contributed by atoms with Crippen molar-refractivity contribution in [3.05, 3.63) is 73.2 Å². The Labute approximate surface area is 132 Å². The lowest BCUT2D eigenvalue weighted by atomic mass is 10.1. The van der Waals surface area contributed by atoms with Gasteiger partial charge in [0.1, 0.15) is 5.69 Å². The molecule has 1 aromatic carbocycles. The smallest absolute Gasteiger partial charge is 0.223 e. The number of benzene rings is 1. The van der Waals surface area contributed by atoms with Crippen LogP contribution in [0.2, 0.25) is 0 Å². The van der Waals surface area contributed by atoms with Crippen molar-refractivity contribution in [3.63, 3.8) is 0 Å². The first-order valence-corrected chi connectivity index (χ1v) is 7.12. The van der Waals surface area contributed by atoms with E-state index in [2.05, 4.69) is 25.4 Å². The molecule has 0 aliphatic carbocycles. The molecule has 0 bridgehead atoms. The van der Waals surface area contributed by atoms with Gasteiger partial charge in [0.25, 0.3) is 0 Å². The molecule has 6 nitrogen and oxygen atoms in total. The van der Waals surface area contributed by atoms with Gasteiger partial charge in [0.05, 0.1) is 5.69 Å². The van der Waals surface area contributed by atoms with Crippen LogP contribution in [-0.2, 0) is 0 Å². The minimum Gasteiger partial charge on any atom is -0.265 e. The van der Waals surface area contributed by atoms with Crippen molar-refractivity contribution in [1.29, 1.82) is 0 Å². The van der Waals surface area contributed by atoms with Gasteiger partial charge in [-0.1, -0.05) is 18.2 Å². The Hall–Kier alpha value is -3.41. The second-order valence-electron chi connectivity index (χ2n) is 4.90. The number of hydrogen-bond acceptors (Lipinski definition) is 5. The van der Waals surface area contributed by atoms with Crippen molar-refractivity contribution in [1.82, 2.24) is 30.2 Å². The second kappa shape index (κ2) is 5.76. The highest BCUT2D eigenvalue weighted by molar-refractivity contribution is 5.65. The first kappa shape index (κ1) is 13.3. The van der Waals surface area contributed by atoms with Crippen LogP contribution in [0.1, 0.15) is 0 Å². The molecule has 4 rings (SSSR count). The van der Waals surface area contributed by atoms with E-state index < -0.39 is 0 Å². The van der Waals surface area contributed by atoms with E-state index in [1.807, 2.05) is 54.6 Å². The van der Waals surface area contributed by atoms with Crippen LogP contribution in [-0.4, -0.2) is 30.2 Å². The summed E-state index contributed by atoms with van der Waals surface area (Å²) in [5, 5.41) is 12.6. The molecule has 23 heavy (non-hydrogen) atoms. The predicted molar refractivity (Wildman–Crippen MR) is 85.6 cm³/mol. The Kier molecular flexibility index (Phi) is 3.32. The third-order valence-electron chi connectivity index (χ3n) is 3.40. The molecule has 0 N–H and O–H groups in total. The highest BCUT2D eigenvalue weighted by atomic mass is 15.6. The molecule has 0 unspecified atom stereocenters. The van der Waals surface area contributed by atoms with Crippen molar-refractivity contribution in [3.8, 4) is 28.3 Å². The number of tetrazole rings is 1. The SMILES string of the molecule is c1ccc(-c2nnn(-c3cccc(-c4ccncc4)c3)n2)nc1. The van der Waals surface area contributed by atoms with Gasteiger partial charge < -0.3 is 0 Å². The van der Waals surface area contributed by atoms with E-state index in [4.69, 9.17) is 0 Å². The lowest BCUT2D eigenvalue weighted by Crippen LogP contribution is -1.99. The van der Waals surface area contributed by atoms with Gasteiger partial charge >= 0.3 is 0 Å². The molecule has 0 amide bonds. The quantitative estimate of drug-likeness (QED) is 0.582. The minimum absolute atomic E-state index is 0.500. The molecule has 0 radical (unpaired) electrons. The molecule has 0 saturated heterocycles. The molecule has 4 aromatic rings. The van der Waals surface area contributed by atoms with Crippen LogP contribution in [0.3, 0.4) is 0 Å². The van der Waals surface area contributed by atoms with Crippen molar-refractivity contribution in [2.24, 2.45) is 0 Å². The zero-order valence-electron chi connectivity index (χ0n) is 12.1. The fraction of sp³-hybridized carbons (Fsp3) is 0. The summed E-state index contributed by atoms with van der Waals surface area (Å²) < 4.78 is 0. The van der Waals surface area contributed by atoms with Gasteiger partial charge in [0.15, 0.2) is 0 Å². The lowest BCUT2D eigenvalue weighted by Gasteiger charge is -2.03. The third kappa shape index (κ3) is 2.69. The number of rotatable bonds is 3. The molecule has 0 aliphatic rings. The zero-order valence-corrected chi connectivity index (χ0v) is 12.1. The molecule has 0 aliphatic heterocycles. The summed E-state index contributed by atoms with van der Waals surface area (Å²) in [5.41, 5.74) is 3.70. The molecule has 110 valence electrons. The molecule has 0 atom stereocenters. The Morgan fingerprint density at radius 3 is 2.52 bits per heavy atom. The van der Waals surface area contributed by atoms with Crippen molar-refractivity contribution in [2.45, 2.75) is 0 Å². The Bertz CT molecular complexity index is 918. The van der Waals surface area contributed by atoms with E-state index in [1.165, 1.54) is 4.80 Å². The van der Waals surface area contributed by atoms with Crippen molar-refractivity contribution >= 4 is 0 Å². The normalized spacial score (nSPS) is 10.6. The third-order valence-corrected chi connectivity index (χ3v) is 3.40. The topological polar surface area (TPSA) is 69.4 Å². The number of pyridine rings is 2. The van der Waals surface area contributed by atoms with Crippen LogP contribution in [0, 0.1) is 0 Å². The first-order valence-electron chi connectivity index (χ1n) is 7.12. The molecule has 3 heterocycles. The van der Waals surface area contributed by atoms with Crippen LogP contribution >= 0.6 is 0 Å². The van der Waals surface area contributed by atoms with E-state index in [0.29, 0.717) is 11.5 Å². The van der Waals surface area contributed by atoms with Crippen LogP contribution in [0.15, 0.2) is 73.2 Å². The van der Waals surface area contributed by atoms with Gasteiger partial charge in [-0.2, -0.15) is 0 Å². The van der Waals surface area contributed by atoms with Crippen LogP contribution in [0.4, 0.5) is 0 Å². The summed E-state index contributed by atoms with van der Waals surface area (Å²) in [4.78, 5) is 9.79. The fourth-order valence-electron chi connectivity index (χ4n) is 2.28. The van der Waals surface area contributed by atoms with E-state index in [1.54, 1.807) is 18.6 Å². The standard InChI is InChI=1S/C17H12N6/c1-2-9-19-16(6-1)17-20-22-23(21-17)15-5-3-4-14(12-15)13-7-10-18-11-8-13/h1-12H. The van der Waals surface area contributed by atoms with E-state index in [-0.39, 0.29) is 0 Å². The molecular formula is C17H12N6. The van der Waals surface area contributed by atoms with Crippen molar-refractivity contribution < 1.29 is 0 Å². The van der Waals surface area contributed by atoms with Gasteiger partial charge in [-0.05, 0) is 52.7 Å². The Balaban J connectivity index is 1.71. The first-order chi connectivity index (χ1) is 11.4. The molecule has 0 fully saturated rings. The van der Waals surface area contributed by atoms with Crippen LogP contribution in [0.25, 0.3) is 28.3 Å². The highest BCUT2D eigenvalue weighted by Gasteiger charge is 2.08. The van der Waals surface area contributed by atoms with Crippen molar-refractivity contribution in [2.75, 3.05) is 0 Å². The summed E-state index contributed by atoms with van der Waals surface area (Å²) >= 11 is 0. The number of hydrogen-bond donors (Lipinski definition) is 0. The van der Waals surface area contributed by atoms with Gasteiger partial charge in [-0.3, -0.25) is 9.97 Å². The summed E-state index contributed by atoms with van der Waals surface area (Å²) in [6, 6.07) is 17.5. The maximum Gasteiger partial charge on any atom is 0.223 e. The number of aromatic nitrogens is 6. The molecule has 0 saturated carbocycles. The van der Waals surface area contributed by atoms with Gasteiger partial charge in [-0.15, -0.1) is 15.0 Å². The summed E-state index contributed by atoms with van der Waals surface area (Å²) in [6.07, 6.45) is 5.25. The molecular weight excluding hydrogens is 288 g/mol. The maximum absolute atomic E-state index is 4.41. The Morgan fingerprint density at radius 2 is 1.70 bits per heavy atom. The average Bonchev–Trinajstić information content (AvgIpc) is 3.14. The summed E-state index contributed by atoms with van der Waals surface area (Å²) in [7, 11) is 0. The monoisotopic (exact) mass is 300 g/mol. The van der Waals surface area contributed by atoms with Crippen LogP contribution < -0.4 is 0 Å². The highest BCUT2D eigenvalue weighted by Crippen LogP contribution is 2.21. The molecule has 6 heteroatoms. The van der Waals surface area contributed by atoms with Gasteiger partial charge in [-0.25, -0.2) is 0 Å². The number of nitrogens with zero attached hydrogens (tertiary/aromatic N) is 6. The Morgan fingerprint density at radius 1 is 0.783 bits per heavy atom. The zero-order chi connectivity index (χ0) is 15.5. The maximum atomic E-state index is 4.41. The van der Waals surface area contributed by atoms with Gasteiger partial charge in [0.2, 0.25) is 5.82 Å². The molecule has 0 spiro atoms. The van der Waals surface area contributed by atoms with E-state index >= 15 is 0 Å². The van der Waals surface area contributed by atoms with E-state index in [0.717, 1.165) is 16.8 Å². The molecule has 3 aromatic heterocycles. The summed E-state index contributed by atoms with van der Waals surface area (Å²) in [6.45, 7) is 0. The second-order valence-corrected chi connectivity index (χ2v) is 4.90. The van der Waals surface area contributed by atoms with Gasteiger partial charge in [0, 0.05) is 18.6 Å².